The van der Waals surface area contributed by atoms with Crippen molar-refractivity contribution in [3.8, 4) is 0 Å². The predicted molar refractivity (Wildman–Crippen MR) is 117 cm³/mol. The molecule has 3 rings (SSSR count). The molecular weight excluding hydrogens is 396 g/mol. The maximum absolute atomic E-state index is 12.3. The molecule has 0 spiro atoms. The van der Waals surface area contributed by atoms with E-state index in [2.05, 4.69) is 22.8 Å². The summed E-state index contributed by atoms with van der Waals surface area (Å²) in [5.41, 5.74) is 1.19. The Morgan fingerprint density at radius 2 is 1.71 bits per heavy atom. The summed E-state index contributed by atoms with van der Waals surface area (Å²) >= 11 is 0. The lowest BCUT2D eigenvalue weighted by molar-refractivity contribution is -0.124. The van der Waals surface area contributed by atoms with E-state index in [-0.39, 0.29) is 23.5 Å². The van der Waals surface area contributed by atoms with Gasteiger partial charge < -0.3 is 14.8 Å². The van der Waals surface area contributed by atoms with E-state index >= 15 is 0 Å². The standard InChI is InChI=1S/C24H28N2O5/c1-23(2,3)31-22(29)26-19-11-7-8-17(14-19)21(28)30-15-20(27)25-16-24(12-13-24)18-9-5-4-6-10-18/h4-11,14H,12-13,15-16H2,1-3H3,(H,25,27)(H,26,29). The molecule has 2 amide bonds. The second-order valence-corrected chi connectivity index (χ2v) is 8.71. The van der Waals surface area contributed by atoms with Crippen LogP contribution in [0.15, 0.2) is 54.6 Å². The molecule has 1 aliphatic rings. The number of benzene rings is 2. The largest absolute Gasteiger partial charge is 0.452 e. The van der Waals surface area contributed by atoms with E-state index in [1.165, 1.54) is 11.6 Å². The molecule has 1 aliphatic carbocycles. The highest BCUT2D eigenvalue weighted by Gasteiger charge is 2.44. The molecule has 164 valence electrons. The summed E-state index contributed by atoms with van der Waals surface area (Å²) in [6, 6.07) is 16.3. The lowest BCUT2D eigenvalue weighted by Crippen LogP contribution is -2.35. The van der Waals surface area contributed by atoms with Gasteiger partial charge in [-0.15, -0.1) is 0 Å². The van der Waals surface area contributed by atoms with Crippen molar-refractivity contribution in [3.05, 3.63) is 65.7 Å². The number of anilines is 1. The number of ether oxygens (including phenoxy) is 2. The number of carbonyl (C=O) groups excluding carboxylic acids is 3. The molecule has 0 bridgehead atoms. The molecule has 1 fully saturated rings. The van der Waals surface area contributed by atoms with Gasteiger partial charge in [0, 0.05) is 17.6 Å². The summed E-state index contributed by atoms with van der Waals surface area (Å²) < 4.78 is 10.3. The normalized spacial score (nSPS) is 14.3. The van der Waals surface area contributed by atoms with E-state index in [1.807, 2.05) is 18.2 Å². The Morgan fingerprint density at radius 1 is 1.00 bits per heavy atom. The molecule has 0 heterocycles. The first-order chi connectivity index (χ1) is 14.7. The minimum absolute atomic E-state index is 0.0113. The number of nitrogens with one attached hydrogen (secondary N) is 2. The van der Waals surface area contributed by atoms with Gasteiger partial charge in [-0.05, 0) is 57.4 Å². The minimum Gasteiger partial charge on any atom is -0.452 e. The zero-order valence-corrected chi connectivity index (χ0v) is 18.1. The highest BCUT2D eigenvalue weighted by molar-refractivity contribution is 5.93. The van der Waals surface area contributed by atoms with Gasteiger partial charge in [-0.1, -0.05) is 36.4 Å². The number of rotatable bonds is 7. The van der Waals surface area contributed by atoms with Gasteiger partial charge in [-0.2, -0.15) is 0 Å². The van der Waals surface area contributed by atoms with E-state index in [4.69, 9.17) is 9.47 Å². The molecule has 0 saturated heterocycles. The van der Waals surface area contributed by atoms with Crippen LogP contribution in [0.4, 0.5) is 10.5 Å². The fourth-order valence-corrected chi connectivity index (χ4v) is 3.19. The Bertz CT molecular complexity index is 946. The Balaban J connectivity index is 1.47. The van der Waals surface area contributed by atoms with Crippen molar-refractivity contribution in [1.82, 2.24) is 5.32 Å². The maximum Gasteiger partial charge on any atom is 0.412 e. The molecule has 0 aliphatic heterocycles. The van der Waals surface area contributed by atoms with E-state index in [0.717, 1.165) is 12.8 Å². The Labute approximate surface area is 182 Å². The van der Waals surface area contributed by atoms with Gasteiger partial charge in [0.05, 0.1) is 5.56 Å². The van der Waals surface area contributed by atoms with Crippen LogP contribution in [0.3, 0.4) is 0 Å². The van der Waals surface area contributed by atoms with E-state index < -0.39 is 17.7 Å². The van der Waals surface area contributed by atoms with Gasteiger partial charge in [-0.3, -0.25) is 10.1 Å². The molecule has 0 unspecified atom stereocenters. The molecule has 2 aromatic carbocycles. The van der Waals surface area contributed by atoms with Crippen molar-refractivity contribution >= 4 is 23.7 Å². The molecule has 31 heavy (non-hydrogen) atoms. The lowest BCUT2D eigenvalue weighted by atomic mass is 9.96. The molecule has 0 aromatic heterocycles. The minimum atomic E-state index is -0.646. The van der Waals surface area contributed by atoms with E-state index in [9.17, 15) is 14.4 Å². The summed E-state index contributed by atoms with van der Waals surface area (Å²) in [5, 5.41) is 5.43. The summed E-state index contributed by atoms with van der Waals surface area (Å²) in [6.45, 7) is 5.43. The van der Waals surface area contributed by atoms with Crippen molar-refractivity contribution in [2.24, 2.45) is 0 Å². The first-order valence-electron chi connectivity index (χ1n) is 10.3. The fourth-order valence-electron chi connectivity index (χ4n) is 3.19. The highest BCUT2D eigenvalue weighted by Crippen LogP contribution is 2.47. The van der Waals surface area contributed by atoms with Crippen LogP contribution in [0.5, 0.6) is 0 Å². The highest BCUT2D eigenvalue weighted by atomic mass is 16.6. The Morgan fingerprint density at radius 3 is 2.35 bits per heavy atom. The van der Waals surface area contributed by atoms with Crippen LogP contribution in [-0.2, 0) is 19.7 Å². The zero-order chi connectivity index (χ0) is 22.5. The van der Waals surface area contributed by atoms with Crippen molar-refractivity contribution in [3.63, 3.8) is 0 Å². The first kappa shape index (κ1) is 22.3. The number of carbonyl (C=O) groups is 3. The van der Waals surface area contributed by atoms with Crippen LogP contribution < -0.4 is 10.6 Å². The van der Waals surface area contributed by atoms with Gasteiger partial charge in [0.1, 0.15) is 5.60 Å². The molecule has 7 nitrogen and oxygen atoms in total. The molecule has 0 atom stereocenters. The monoisotopic (exact) mass is 424 g/mol. The molecule has 1 saturated carbocycles. The molecular formula is C24H28N2O5. The second kappa shape index (κ2) is 9.20. The summed E-state index contributed by atoms with van der Waals surface area (Å²) in [5.74, 6) is -0.995. The topological polar surface area (TPSA) is 93.7 Å². The van der Waals surface area contributed by atoms with E-state index in [1.54, 1.807) is 39.0 Å². The van der Waals surface area contributed by atoms with Gasteiger partial charge >= 0.3 is 12.1 Å². The summed E-state index contributed by atoms with van der Waals surface area (Å²) in [4.78, 5) is 36.4. The van der Waals surface area contributed by atoms with Gasteiger partial charge in [-0.25, -0.2) is 9.59 Å². The van der Waals surface area contributed by atoms with Gasteiger partial charge in [0.2, 0.25) is 0 Å². The average molecular weight is 424 g/mol. The fraction of sp³-hybridized carbons (Fsp3) is 0.375. The number of hydrogen-bond acceptors (Lipinski definition) is 5. The van der Waals surface area contributed by atoms with Crippen molar-refractivity contribution in [1.29, 1.82) is 0 Å². The smallest absolute Gasteiger partial charge is 0.412 e. The van der Waals surface area contributed by atoms with Crippen molar-refractivity contribution in [2.45, 2.75) is 44.6 Å². The summed E-state index contributed by atoms with van der Waals surface area (Å²) in [7, 11) is 0. The summed E-state index contributed by atoms with van der Waals surface area (Å²) in [6.07, 6.45) is 1.42. The van der Waals surface area contributed by atoms with Crippen molar-refractivity contribution in [2.75, 3.05) is 18.5 Å². The van der Waals surface area contributed by atoms with Crippen LogP contribution in [-0.4, -0.2) is 36.7 Å². The lowest BCUT2D eigenvalue weighted by Gasteiger charge is -2.19. The van der Waals surface area contributed by atoms with Crippen molar-refractivity contribution < 1.29 is 23.9 Å². The first-order valence-corrected chi connectivity index (χ1v) is 10.3. The number of amides is 2. The van der Waals surface area contributed by atoms with Gasteiger partial charge in [0.15, 0.2) is 6.61 Å². The van der Waals surface area contributed by atoms with E-state index in [0.29, 0.717) is 12.2 Å². The van der Waals surface area contributed by atoms with Crippen LogP contribution in [0.2, 0.25) is 0 Å². The maximum atomic E-state index is 12.3. The van der Waals surface area contributed by atoms with Crippen LogP contribution >= 0.6 is 0 Å². The van der Waals surface area contributed by atoms with Crippen LogP contribution in [0, 0.1) is 0 Å². The quantitative estimate of drug-likeness (QED) is 0.655. The molecule has 2 aromatic rings. The van der Waals surface area contributed by atoms with Gasteiger partial charge in [0.25, 0.3) is 5.91 Å². The molecule has 0 radical (unpaired) electrons. The second-order valence-electron chi connectivity index (χ2n) is 8.71. The predicted octanol–water partition coefficient (Wildman–Crippen LogP) is 4.04. The Kier molecular flexibility index (Phi) is 6.63. The molecule has 2 N–H and O–H groups in total. The average Bonchev–Trinajstić information content (AvgIpc) is 3.51. The number of esters is 1. The van der Waals surface area contributed by atoms with Crippen LogP contribution in [0.1, 0.15) is 49.5 Å². The third-order valence-electron chi connectivity index (χ3n) is 4.94. The third kappa shape index (κ3) is 6.57. The third-order valence-corrected chi connectivity index (χ3v) is 4.94. The Hall–Kier alpha value is -3.35. The zero-order valence-electron chi connectivity index (χ0n) is 18.1. The number of hydrogen-bond donors (Lipinski definition) is 2. The molecule has 7 heteroatoms. The van der Waals surface area contributed by atoms with Crippen LogP contribution in [0.25, 0.3) is 0 Å². The SMILES string of the molecule is CC(C)(C)OC(=O)Nc1cccc(C(=O)OCC(=O)NCC2(c3ccccc3)CC2)c1.